The predicted octanol–water partition coefficient (Wildman–Crippen LogP) is 13.3. The van der Waals surface area contributed by atoms with Crippen LogP contribution in [0, 0.1) is 0 Å². The first-order chi connectivity index (χ1) is 22.8. The molecule has 0 N–H and O–H groups in total. The molecule has 2 heterocycles. The van der Waals surface area contributed by atoms with E-state index in [4.69, 9.17) is 4.42 Å². The van der Waals surface area contributed by atoms with E-state index >= 15 is 0 Å². The third-order valence-electron chi connectivity index (χ3n) is 9.45. The van der Waals surface area contributed by atoms with Gasteiger partial charge < -0.3 is 4.42 Å². The van der Waals surface area contributed by atoms with E-state index in [0.29, 0.717) is 0 Å². The minimum absolute atomic E-state index is 0.924. The van der Waals surface area contributed by atoms with Crippen LogP contribution in [0.15, 0.2) is 162 Å². The molecule has 0 fully saturated rings. The molecule has 0 radical (unpaired) electrons. The summed E-state index contributed by atoms with van der Waals surface area (Å²) < 4.78 is 7.67. The predicted molar refractivity (Wildman–Crippen MR) is 198 cm³/mol. The van der Waals surface area contributed by atoms with Crippen molar-refractivity contribution >= 4 is 75.7 Å². The Morgan fingerprint density at radius 2 is 0.978 bits per heavy atom. The van der Waals surface area contributed by atoms with Gasteiger partial charge in [0.05, 0.1) is 0 Å². The highest BCUT2D eigenvalue weighted by molar-refractivity contribution is 7.23. The minimum Gasteiger partial charge on any atom is -0.456 e. The van der Waals surface area contributed by atoms with Gasteiger partial charge in [0.2, 0.25) is 0 Å². The molecule has 10 aromatic rings. The first-order valence-electron chi connectivity index (χ1n) is 15.7. The summed E-state index contributed by atoms with van der Waals surface area (Å²) in [5.74, 6) is 0. The van der Waals surface area contributed by atoms with Crippen molar-refractivity contribution < 1.29 is 4.42 Å². The van der Waals surface area contributed by atoms with E-state index in [1.165, 1.54) is 80.5 Å². The number of furan rings is 1. The maximum atomic E-state index is 6.41. The van der Waals surface area contributed by atoms with E-state index in [0.717, 1.165) is 16.6 Å². The van der Waals surface area contributed by atoms with Crippen molar-refractivity contribution in [2.24, 2.45) is 0 Å². The fraction of sp³-hybridized carbons (Fsp3) is 0. The van der Waals surface area contributed by atoms with Crippen molar-refractivity contribution in [2.45, 2.75) is 0 Å². The summed E-state index contributed by atoms with van der Waals surface area (Å²) >= 11 is 1.89. The minimum atomic E-state index is 0.924. The second-order valence-electron chi connectivity index (χ2n) is 12.0. The Balaban J connectivity index is 1.38. The lowest BCUT2D eigenvalue weighted by Gasteiger charge is -2.18. The lowest BCUT2D eigenvalue weighted by Crippen LogP contribution is -1.91. The summed E-state index contributed by atoms with van der Waals surface area (Å²) in [5.41, 5.74) is 8.15. The van der Waals surface area contributed by atoms with Gasteiger partial charge in [-0.3, -0.25) is 0 Å². The molecule has 214 valence electrons. The highest BCUT2D eigenvalue weighted by Gasteiger charge is 2.25. The van der Waals surface area contributed by atoms with Gasteiger partial charge in [-0.05, 0) is 73.3 Å². The molecular weight excluding hydrogens is 577 g/mol. The van der Waals surface area contributed by atoms with Crippen LogP contribution in [0.4, 0.5) is 0 Å². The number of benzene rings is 8. The third kappa shape index (κ3) is 3.68. The number of rotatable bonds is 3. The van der Waals surface area contributed by atoms with Crippen LogP contribution in [0.3, 0.4) is 0 Å². The van der Waals surface area contributed by atoms with Crippen molar-refractivity contribution in [2.75, 3.05) is 0 Å². The molecule has 2 heteroatoms. The van der Waals surface area contributed by atoms with Gasteiger partial charge in [0, 0.05) is 36.9 Å². The molecule has 0 aliphatic carbocycles. The Hall–Kier alpha value is -5.70. The zero-order valence-electron chi connectivity index (χ0n) is 24.8. The maximum Gasteiger partial charge on any atom is 0.136 e. The standard InChI is InChI=1S/C44H26OS/c1-2-13-28(14-3-1)40-43-38(25-24-37-42(43)35-20-10-11-21-36(35)45-37)46-44(40)41-33-18-8-6-16-31(33)39(32-17-7-9-19-34(32)41)30-23-22-27-12-4-5-15-29(27)26-30/h1-26H. The number of thiophene rings is 1. The Labute approximate surface area is 269 Å². The molecule has 8 aromatic carbocycles. The van der Waals surface area contributed by atoms with E-state index in [2.05, 4.69) is 158 Å². The topological polar surface area (TPSA) is 13.1 Å². The Bertz CT molecular complexity index is 2740. The average molecular weight is 603 g/mol. The van der Waals surface area contributed by atoms with Gasteiger partial charge in [-0.25, -0.2) is 0 Å². The van der Waals surface area contributed by atoms with Gasteiger partial charge in [-0.2, -0.15) is 0 Å². The first kappa shape index (κ1) is 25.6. The number of fused-ring (bicyclic) bond motifs is 8. The zero-order chi connectivity index (χ0) is 30.2. The molecule has 0 amide bonds. The molecule has 0 atom stereocenters. The summed E-state index contributed by atoms with van der Waals surface area (Å²) in [7, 11) is 0. The van der Waals surface area contributed by atoms with E-state index in [9.17, 15) is 0 Å². The Morgan fingerprint density at radius 3 is 1.72 bits per heavy atom. The molecule has 10 rings (SSSR count). The molecule has 0 unspecified atom stereocenters. The molecule has 0 saturated carbocycles. The smallest absolute Gasteiger partial charge is 0.136 e. The summed E-state index contributed by atoms with van der Waals surface area (Å²) in [6, 6.07) is 57.1. The quantitative estimate of drug-likeness (QED) is 0.183. The average Bonchev–Trinajstić information content (AvgIpc) is 3.69. The maximum absolute atomic E-state index is 6.41. The highest BCUT2D eigenvalue weighted by Crippen LogP contribution is 2.53. The van der Waals surface area contributed by atoms with Crippen LogP contribution < -0.4 is 0 Å². The van der Waals surface area contributed by atoms with E-state index in [1.807, 2.05) is 11.3 Å². The van der Waals surface area contributed by atoms with Crippen LogP contribution in [0.5, 0.6) is 0 Å². The van der Waals surface area contributed by atoms with Gasteiger partial charge in [-0.15, -0.1) is 11.3 Å². The first-order valence-corrected chi connectivity index (χ1v) is 16.5. The monoisotopic (exact) mass is 602 g/mol. The molecule has 0 saturated heterocycles. The summed E-state index contributed by atoms with van der Waals surface area (Å²) in [6.07, 6.45) is 0. The van der Waals surface area contributed by atoms with Gasteiger partial charge >= 0.3 is 0 Å². The molecule has 2 aromatic heterocycles. The SMILES string of the molecule is c1ccc(-c2c(-c3c4ccccc4c(-c4ccc5ccccc5c4)c4ccccc34)sc3ccc4oc5ccccc5c4c23)cc1. The van der Waals surface area contributed by atoms with Crippen LogP contribution in [0.25, 0.3) is 97.0 Å². The fourth-order valence-electron chi connectivity index (χ4n) is 7.49. The van der Waals surface area contributed by atoms with Gasteiger partial charge in [0.15, 0.2) is 0 Å². The molecule has 0 bridgehead atoms. The largest absolute Gasteiger partial charge is 0.456 e. The van der Waals surface area contributed by atoms with Crippen LogP contribution >= 0.6 is 11.3 Å². The van der Waals surface area contributed by atoms with Crippen molar-refractivity contribution in [3.05, 3.63) is 158 Å². The van der Waals surface area contributed by atoms with Crippen molar-refractivity contribution in [3.63, 3.8) is 0 Å². The molecule has 0 spiro atoms. The normalized spacial score (nSPS) is 11.9. The lowest BCUT2D eigenvalue weighted by atomic mass is 9.86. The van der Waals surface area contributed by atoms with Gasteiger partial charge in [0.1, 0.15) is 11.2 Å². The summed E-state index contributed by atoms with van der Waals surface area (Å²) in [5, 5.41) is 11.2. The van der Waals surface area contributed by atoms with Crippen molar-refractivity contribution in [1.29, 1.82) is 0 Å². The van der Waals surface area contributed by atoms with Gasteiger partial charge in [-0.1, -0.05) is 133 Å². The van der Waals surface area contributed by atoms with Gasteiger partial charge in [0.25, 0.3) is 0 Å². The van der Waals surface area contributed by atoms with Crippen LogP contribution in [0.1, 0.15) is 0 Å². The molecule has 1 nitrogen and oxygen atoms in total. The summed E-state index contributed by atoms with van der Waals surface area (Å²) in [4.78, 5) is 1.29. The number of hydrogen-bond donors (Lipinski definition) is 0. The van der Waals surface area contributed by atoms with E-state index in [1.54, 1.807) is 0 Å². The Morgan fingerprint density at radius 1 is 0.370 bits per heavy atom. The second kappa shape index (κ2) is 9.90. The van der Waals surface area contributed by atoms with Crippen LogP contribution in [-0.2, 0) is 0 Å². The molecular formula is C44H26OS. The van der Waals surface area contributed by atoms with E-state index in [-0.39, 0.29) is 0 Å². The third-order valence-corrected chi connectivity index (χ3v) is 10.6. The number of para-hydroxylation sites is 1. The van der Waals surface area contributed by atoms with Crippen molar-refractivity contribution in [1.82, 2.24) is 0 Å². The Kier molecular flexibility index (Phi) is 5.51. The molecule has 0 aliphatic rings. The van der Waals surface area contributed by atoms with Crippen molar-refractivity contribution in [3.8, 4) is 32.7 Å². The molecule has 0 aliphatic heterocycles. The lowest BCUT2D eigenvalue weighted by molar-refractivity contribution is 0.669. The van der Waals surface area contributed by atoms with Crippen LogP contribution in [-0.4, -0.2) is 0 Å². The van der Waals surface area contributed by atoms with Crippen LogP contribution in [0.2, 0.25) is 0 Å². The highest BCUT2D eigenvalue weighted by atomic mass is 32.1. The second-order valence-corrected chi connectivity index (χ2v) is 13.0. The zero-order valence-corrected chi connectivity index (χ0v) is 25.6. The molecule has 46 heavy (non-hydrogen) atoms. The fourth-order valence-corrected chi connectivity index (χ4v) is 8.80. The van der Waals surface area contributed by atoms with E-state index < -0.39 is 0 Å². The number of hydrogen-bond acceptors (Lipinski definition) is 2. The summed E-state index contributed by atoms with van der Waals surface area (Å²) in [6.45, 7) is 0.